The molecule has 2 heterocycles. The van der Waals surface area contributed by atoms with E-state index in [1.165, 1.54) is 19.6 Å². The molecule has 9 nitrogen and oxygen atoms in total. The van der Waals surface area contributed by atoms with E-state index in [0.29, 0.717) is 5.82 Å². The second kappa shape index (κ2) is 7.72. The highest BCUT2D eigenvalue weighted by molar-refractivity contribution is 6.39. The molecule has 11 heteroatoms. The molecular formula is C16H15F2N7O2. The first kappa shape index (κ1) is 18.2. The zero-order chi connectivity index (χ0) is 19.4. The second-order valence-electron chi connectivity index (χ2n) is 5.49. The van der Waals surface area contributed by atoms with Crippen molar-refractivity contribution in [2.24, 2.45) is 7.05 Å². The van der Waals surface area contributed by atoms with Gasteiger partial charge in [0.15, 0.2) is 11.5 Å². The molecule has 0 radical (unpaired) electrons. The van der Waals surface area contributed by atoms with Crippen molar-refractivity contribution in [2.75, 3.05) is 5.32 Å². The van der Waals surface area contributed by atoms with Gasteiger partial charge in [0.05, 0.1) is 12.2 Å². The third-order valence-electron chi connectivity index (χ3n) is 3.58. The maximum atomic E-state index is 12.9. The minimum atomic E-state index is -2.88. The number of hydrogen-bond acceptors (Lipinski definition) is 5. The number of hydrogen-bond donors (Lipinski definition) is 2. The van der Waals surface area contributed by atoms with Gasteiger partial charge in [-0.25, -0.2) is 8.78 Å². The largest absolute Gasteiger partial charge is 0.341 e. The lowest BCUT2D eigenvalue weighted by atomic mass is 10.3. The fraction of sp³-hybridized carbons (Fsp3) is 0.188. The molecule has 0 aliphatic heterocycles. The fourth-order valence-electron chi connectivity index (χ4n) is 2.37. The maximum absolute atomic E-state index is 12.9. The van der Waals surface area contributed by atoms with Crippen LogP contribution in [0.2, 0.25) is 0 Å². The smallest absolute Gasteiger partial charge is 0.313 e. The summed E-state index contributed by atoms with van der Waals surface area (Å²) in [6.45, 7) is -0.0735. The van der Waals surface area contributed by atoms with E-state index in [2.05, 4.69) is 25.9 Å². The third kappa shape index (κ3) is 4.14. The fourth-order valence-corrected chi connectivity index (χ4v) is 2.37. The first-order valence-corrected chi connectivity index (χ1v) is 7.81. The van der Waals surface area contributed by atoms with Gasteiger partial charge in [0.25, 0.3) is 6.43 Å². The van der Waals surface area contributed by atoms with Gasteiger partial charge in [-0.3, -0.25) is 18.8 Å². The van der Waals surface area contributed by atoms with Gasteiger partial charge in [0, 0.05) is 18.9 Å². The summed E-state index contributed by atoms with van der Waals surface area (Å²) >= 11 is 0. The topological polar surface area (TPSA) is 107 Å². The molecular weight excluding hydrogens is 360 g/mol. The lowest BCUT2D eigenvalue weighted by Crippen LogP contribution is -2.35. The Morgan fingerprint density at radius 1 is 1.19 bits per heavy atom. The monoisotopic (exact) mass is 375 g/mol. The normalized spacial score (nSPS) is 10.8. The Labute approximate surface area is 152 Å². The Morgan fingerprint density at radius 2 is 1.93 bits per heavy atom. The number of carbonyl (C=O) groups excluding carboxylic acids is 2. The van der Waals surface area contributed by atoms with Gasteiger partial charge in [-0.05, 0) is 12.1 Å². The van der Waals surface area contributed by atoms with Crippen molar-refractivity contribution in [1.82, 2.24) is 29.9 Å². The van der Waals surface area contributed by atoms with E-state index < -0.39 is 23.9 Å². The predicted octanol–water partition coefficient (Wildman–Crippen LogP) is 1.19. The Balaban J connectivity index is 1.64. The third-order valence-corrected chi connectivity index (χ3v) is 3.58. The Hall–Kier alpha value is -3.63. The van der Waals surface area contributed by atoms with Crippen LogP contribution in [-0.4, -0.2) is 36.4 Å². The van der Waals surface area contributed by atoms with Crippen molar-refractivity contribution >= 4 is 17.5 Å². The summed E-state index contributed by atoms with van der Waals surface area (Å²) in [6.07, 6.45) is -0.214. The summed E-state index contributed by atoms with van der Waals surface area (Å²) in [5.41, 5.74) is -0.0456. The molecule has 3 aromatic rings. The second-order valence-corrected chi connectivity index (χ2v) is 5.49. The van der Waals surface area contributed by atoms with Gasteiger partial charge in [-0.1, -0.05) is 18.2 Å². The molecule has 3 rings (SSSR count). The lowest BCUT2D eigenvalue weighted by Gasteiger charge is -2.08. The van der Waals surface area contributed by atoms with Crippen LogP contribution in [0.5, 0.6) is 0 Å². The molecule has 0 saturated heterocycles. The molecule has 0 bridgehead atoms. The molecule has 0 saturated carbocycles. The number of amides is 2. The van der Waals surface area contributed by atoms with Crippen LogP contribution < -0.4 is 10.6 Å². The number of nitrogens with one attached hydrogen (secondary N) is 2. The van der Waals surface area contributed by atoms with E-state index in [1.807, 2.05) is 30.3 Å². The van der Waals surface area contributed by atoms with E-state index in [1.54, 1.807) is 4.57 Å². The lowest BCUT2D eigenvalue weighted by molar-refractivity contribution is -0.136. The summed E-state index contributed by atoms with van der Waals surface area (Å²) in [5.74, 6) is -1.69. The average molecular weight is 375 g/mol. The quantitative estimate of drug-likeness (QED) is 0.652. The van der Waals surface area contributed by atoms with Gasteiger partial charge < -0.3 is 10.6 Å². The number of anilines is 1. The number of aryl methyl sites for hydroxylation is 1. The zero-order valence-electron chi connectivity index (χ0n) is 14.1. The van der Waals surface area contributed by atoms with Crippen LogP contribution in [-0.2, 0) is 23.2 Å². The van der Waals surface area contributed by atoms with Crippen LogP contribution in [0.4, 0.5) is 14.5 Å². The Kier molecular flexibility index (Phi) is 5.20. The first-order valence-electron chi connectivity index (χ1n) is 7.81. The molecule has 0 aliphatic carbocycles. The van der Waals surface area contributed by atoms with Crippen molar-refractivity contribution < 1.29 is 18.4 Å². The highest BCUT2D eigenvalue weighted by atomic mass is 19.3. The summed E-state index contributed by atoms with van der Waals surface area (Å²) in [4.78, 5) is 23.9. The van der Waals surface area contributed by atoms with Gasteiger partial charge in [0.1, 0.15) is 6.33 Å². The SMILES string of the molecule is Cn1cc(NC(=O)C(=O)NCc2nncn2-c2ccccc2)c(C(F)F)n1. The highest BCUT2D eigenvalue weighted by Gasteiger charge is 2.22. The summed E-state index contributed by atoms with van der Waals surface area (Å²) < 4.78 is 28.5. The first-order chi connectivity index (χ1) is 13.0. The number of aromatic nitrogens is 5. The van der Waals surface area contributed by atoms with Crippen molar-refractivity contribution in [1.29, 1.82) is 0 Å². The number of halogens is 2. The molecule has 2 amide bonds. The van der Waals surface area contributed by atoms with E-state index in [9.17, 15) is 18.4 Å². The zero-order valence-corrected chi connectivity index (χ0v) is 14.1. The Morgan fingerprint density at radius 3 is 2.63 bits per heavy atom. The molecule has 0 unspecified atom stereocenters. The minimum absolute atomic E-state index is 0.0735. The Bertz CT molecular complexity index is 953. The number of para-hydroxylation sites is 1. The van der Waals surface area contributed by atoms with Crippen molar-refractivity contribution in [2.45, 2.75) is 13.0 Å². The maximum Gasteiger partial charge on any atom is 0.313 e. The number of benzene rings is 1. The standard InChI is InChI=1S/C16H15F2N7O2/c1-24-8-11(13(23-24)14(17)18)21-16(27)15(26)19-7-12-22-20-9-25(12)10-5-3-2-4-6-10/h2-6,8-9,14H,7H2,1H3,(H,19,26)(H,21,27). The van der Waals surface area contributed by atoms with E-state index >= 15 is 0 Å². The van der Waals surface area contributed by atoms with E-state index in [0.717, 1.165) is 10.4 Å². The number of carbonyl (C=O) groups is 2. The number of rotatable bonds is 5. The average Bonchev–Trinajstić information content (AvgIpc) is 3.26. The predicted molar refractivity (Wildman–Crippen MR) is 90.0 cm³/mol. The summed E-state index contributed by atoms with van der Waals surface area (Å²) in [7, 11) is 1.43. The molecule has 27 heavy (non-hydrogen) atoms. The number of alkyl halides is 2. The molecule has 0 aliphatic rings. The number of nitrogens with zero attached hydrogens (tertiary/aromatic N) is 5. The van der Waals surface area contributed by atoms with Crippen LogP contribution in [0.25, 0.3) is 5.69 Å². The molecule has 140 valence electrons. The van der Waals surface area contributed by atoms with Gasteiger partial charge in [0.2, 0.25) is 0 Å². The van der Waals surface area contributed by atoms with E-state index in [-0.39, 0.29) is 12.2 Å². The van der Waals surface area contributed by atoms with Crippen LogP contribution in [0.1, 0.15) is 17.9 Å². The van der Waals surface area contributed by atoms with Crippen molar-refractivity contribution in [3.05, 3.63) is 54.4 Å². The van der Waals surface area contributed by atoms with Crippen LogP contribution in [0, 0.1) is 0 Å². The molecule has 2 aromatic heterocycles. The molecule has 0 atom stereocenters. The van der Waals surface area contributed by atoms with Crippen molar-refractivity contribution in [3.8, 4) is 5.69 Å². The van der Waals surface area contributed by atoms with Gasteiger partial charge in [-0.2, -0.15) is 5.10 Å². The molecule has 0 spiro atoms. The molecule has 0 fully saturated rings. The van der Waals surface area contributed by atoms with Gasteiger partial charge in [-0.15, -0.1) is 10.2 Å². The molecule has 2 N–H and O–H groups in total. The van der Waals surface area contributed by atoms with Gasteiger partial charge >= 0.3 is 11.8 Å². The van der Waals surface area contributed by atoms with Crippen LogP contribution >= 0.6 is 0 Å². The van der Waals surface area contributed by atoms with Crippen LogP contribution in [0.15, 0.2) is 42.9 Å². The summed E-state index contributed by atoms with van der Waals surface area (Å²) in [6, 6.07) is 9.18. The molecule has 1 aromatic carbocycles. The summed E-state index contributed by atoms with van der Waals surface area (Å²) in [5, 5.41) is 15.8. The highest BCUT2D eigenvalue weighted by Crippen LogP contribution is 2.24. The minimum Gasteiger partial charge on any atom is -0.341 e. The van der Waals surface area contributed by atoms with Crippen LogP contribution in [0.3, 0.4) is 0 Å². The van der Waals surface area contributed by atoms with Crippen molar-refractivity contribution in [3.63, 3.8) is 0 Å². The van der Waals surface area contributed by atoms with E-state index in [4.69, 9.17) is 0 Å².